The third-order valence-corrected chi connectivity index (χ3v) is 1.80. The van der Waals surface area contributed by atoms with Crippen molar-refractivity contribution in [3.8, 4) is 0 Å². The van der Waals surface area contributed by atoms with Gasteiger partial charge >= 0.3 is 0 Å². The van der Waals surface area contributed by atoms with Gasteiger partial charge < -0.3 is 19.7 Å². The van der Waals surface area contributed by atoms with Crippen molar-refractivity contribution in [3.05, 3.63) is 0 Å². The number of hydrogen-bond donors (Lipinski definition) is 2. The Morgan fingerprint density at radius 2 is 1.77 bits per heavy atom. The van der Waals surface area contributed by atoms with Gasteiger partial charge in [0, 0.05) is 13.7 Å². The van der Waals surface area contributed by atoms with Gasteiger partial charge in [0.25, 0.3) is 0 Å². The predicted molar refractivity (Wildman–Crippen MR) is 49.6 cm³/mol. The van der Waals surface area contributed by atoms with Crippen molar-refractivity contribution in [3.63, 3.8) is 0 Å². The van der Waals surface area contributed by atoms with E-state index in [1.54, 1.807) is 7.11 Å². The predicted octanol–water partition coefficient (Wildman–Crippen LogP) is 0.171. The third kappa shape index (κ3) is 5.99. The summed E-state index contributed by atoms with van der Waals surface area (Å²) in [5, 5.41) is 17.6. The van der Waals surface area contributed by atoms with Crippen LogP contribution < -0.4 is 0 Å². The molecular formula is C9H20O4. The number of aliphatic hydroxyl groups excluding tert-OH is 2. The molecule has 2 N–H and O–H groups in total. The molecule has 0 aromatic carbocycles. The Labute approximate surface area is 79.5 Å². The Bertz CT molecular complexity index is 121. The molecule has 0 aliphatic heterocycles. The van der Waals surface area contributed by atoms with Gasteiger partial charge in [0.1, 0.15) is 6.10 Å². The molecule has 0 saturated carbocycles. The van der Waals surface area contributed by atoms with E-state index in [4.69, 9.17) is 19.7 Å². The van der Waals surface area contributed by atoms with E-state index in [0.29, 0.717) is 6.61 Å². The van der Waals surface area contributed by atoms with E-state index < -0.39 is 6.10 Å². The SMILES string of the molecule is COCCC(C)(C)OC(CO)CO. The first kappa shape index (κ1) is 12.8. The highest BCUT2D eigenvalue weighted by Gasteiger charge is 2.22. The molecule has 0 amide bonds. The van der Waals surface area contributed by atoms with Gasteiger partial charge in [-0.2, -0.15) is 0 Å². The van der Waals surface area contributed by atoms with Crippen molar-refractivity contribution in [2.75, 3.05) is 26.9 Å². The Balaban J connectivity index is 3.83. The first-order valence-corrected chi connectivity index (χ1v) is 4.44. The van der Waals surface area contributed by atoms with Crippen LogP contribution in [0.4, 0.5) is 0 Å². The van der Waals surface area contributed by atoms with Crippen LogP contribution in [0, 0.1) is 0 Å². The fourth-order valence-corrected chi connectivity index (χ4v) is 0.990. The molecule has 4 heteroatoms. The average molecular weight is 192 g/mol. The van der Waals surface area contributed by atoms with E-state index in [9.17, 15) is 0 Å². The molecular weight excluding hydrogens is 172 g/mol. The lowest BCUT2D eigenvalue weighted by molar-refractivity contribution is -0.116. The second-order valence-electron chi connectivity index (χ2n) is 3.61. The van der Waals surface area contributed by atoms with Gasteiger partial charge in [0.2, 0.25) is 0 Å². The highest BCUT2D eigenvalue weighted by Crippen LogP contribution is 2.16. The normalized spacial score (nSPS) is 12.5. The van der Waals surface area contributed by atoms with Gasteiger partial charge in [0.05, 0.1) is 18.8 Å². The second kappa shape index (κ2) is 6.32. The minimum atomic E-state index is -0.494. The molecule has 0 aliphatic carbocycles. The molecule has 0 saturated heterocycles. The van der Waals surface area contributed by atoms with E-state index in [2.05, 4.69) is 0 Å². The van der Waals surface area contributed by atoms with Crippen molar-refractivity contribution < 1.29 is 19.7 Å². The summed E-state index contributed by atoms with van der Waals surface area (Å²) in [6.07, 6.45) is 0.242. The number of aliphatic hydroxyl groups is 2. The molecule has 0 radical (unpaired) electrons. The second-order valence-corrected chi connectivity index (χ2v) is 3.61. The van der Waals surface area contributed by atoms with E-state index in [-0.39, 0.29) is 18.8 Å². The summed E-state index contributed by atoms with van der Waals surface area (Å²) in [7, 11) is 1.63. The molecule has 0 heterocycles. The van der Waals surface area contributed by atoms with E-state index in [1.165, 1.54) is 0 Å². The van der Waals surface area contributed by atoms with Crippen LogP contribution in [0.3, 0.4) is 0 Å². The zero-order valence-corrected chi connectivity index (χ0v) is 8.62. The van der Waals surface area contributed by atoms with Crippen LogP contribution in [0.5, 0.6) is 0 Å². The summed E-state index contributed by atoms with van der Waals surface area (Å²) in [6.45, 7) is 4.10. The van der Waals surface area contributed by atoms with Gasteiger partial charge in [-0.15, -0.1) is 0 Å². The molecule has 0 spiro atoms. The van der Waals surface area contributed by atoms with Crippen LogP contribution >= 0.6 is 0 Å². The van der Waals surface area contributed by atoms with Crippen molar-refractivity contribution in [1.82, 2.24) is 0 Å². The Hall–Kier alpha value is -0.160. The topological polar surface area (TPSA) is 58.9 Å². The van der Waals surface area contributed by atoms with Crippen LogP contribution in [-0.4, -0.2) is 48.8 Å². The maximum Gasteiger partial charge on any atom is 0.104 e. The Kier molecular flexibility index (Phi) is 6.24. The fourth-order valence-electron chi connectivity index (χ4n) is 0.990. The summed E-state index contributed by atoms with van der Waals surface area (Å²) in [6, 6.07) is 0. The van der Waals surface area contributed by atoms with Gasteiger partial charge in [0.15, 0.2) is 0 Å². The quantitative estimate of drug-likeness (QED) is 0.603. The minimum Gasteiger partial charge on any atom is -0.394 e. The van der Waals surface area contributed by atoms with Crippen LogP contribution in [0.25, 0.3) is 0 Å². The van der Waals surface area contributed by atoms with Crippen LogP contribution in [0.1, 0.15) is 20.3 Å². The van der Waals surface area contributed by atoms with E-state index >= 15 is 0 Å². The van der Waals surface area contributed by atoms with Crippen molar-refractivity contribution >= 4 is 0 Å². The van der Waals surface area contributed by atoms with E-state index in [0.717, 1.165) is 6.42 Å². The molecule has 0 unspecified atom stereocenters. The first-order chi connectivity index (χ1) is 6.05. The Morgan fingerprint density at radius 1 is 1.23 bits per heavy atom. The summed E-state index contributed by atoms with van der Waals surface area (Å²) in [4.78, 5) is 0. The number of hydrogen-bond acceptors (Lipinski definition) is 4. The monoisotopic (exact) mass is 192 g/mol. The van der Waals surface area contributed by atoms with Gasteiger partial charge in [-0.25, -0.2) is 0 Å². The standard InChI is InChI=1S/C9H20O4/c1-9(2,4-5-12-3)13-8(6-10)7-11/h8,10-11H,4-7H2,1-3H3. The summed E-state index contributed by atoms with van der Waals surface area (Å²) < 4.78 is 10.4. The van der Waals surface area contributed by atoms with Crippen LogP contribution in [-0.2, 0) is 9.47 Å². The fraction of sp³-hybridized carbons (Fsp3) is 1.00. The smallest absolute Gasteiger partial charge is 0.104 e. The molecule has 4 nitrogen and oxygen atoms in total. The third-order valence-electron chi connectivity index (χ3n) is 1.80. The van der Waals surface area contributed by atoms with Crippen molar-refractivity contribution in [2.24, 2.45) is 0 Å². The lowest BCUT2D eigenvalue weighted by atomic mass is 10.1. The van der Waals surface area contributed by atoms with Crippen molar-refractivity contribution in [2.45, 2.75) is 32.0 Å². The molecule has 13 heavy (non-hydrogen) atoms. The summed E-state index contributed by atoms with van der Waals surface area (Å²) in [5.41, 5.74) is -0.369. The van der Waals surface area contributed by atoms with Gasteiger partial charge in [-0.05, 0) is 20.3 Å². The van der Waals surface area contributed by atoms with E-state index in [1.807, 2.05) is 13.8 Å². The molecule has 0 rings (SSSR count). The number of ether oxygens (including phenoxy) is 2. The number of methoxy groups -OCH3 is 1. The molecule has 0 aromatic heterocycles. The number of rotatable bonds is 7. The molecule has 0 atom stereocenters. The lowest BCUT2D eigenvalue weighted by Crippen LogP contribution is -2.35. The molecule has 0 bridgehead atoms. The molecule has 0 fully saturated rings. The Morgan fingerprint density at radius 3 is 2.15 bits per heavy atom. The largest absolute Gasteiger partial charge is 0.394 e. The summed E-state index contributed by atoms with van der Waals surface area (Å²) >= 11 is 0. The highest BCUT2D eigenvalue weighted by molar-refractivity contribution is 4.71. The lowest BCUT2D eigenvalue weighted by Gasteiger charge is -2.29. The molecule has 0 aromatic rings. The first-order valence-electron chi connectivity index (χ1n) is 4.44. The maximum absolute atomic E-state index is 8.80. The maximum atomic E-state index is 8.80. The average Bonchev–Trinajstić information content (AvgIpc) is 2.11. The zero-order chi connectivity index (χ0) is 10.3. The summed E-state index contributed by atoms with van der Waals surface area (Å²) in [5.74, 6) is 0. The van der Waals surface area contributed by atoms with Crippen molar-refractivity contribution in [1.29, 1.82) is 0 Å². The van der Waals surface area contributed by atoms with Crippen LogP contribution in [0.15, 0.2) is 0 Å². The van der Waals surface area contributed by atoms with Gasteiger partial charge in [-0.1, -0.05) is 0 Å². The van der Waals surface area contributed by atoms with Gasteiger partial charge in [-0.3, -0.25) is 0 Å². The van der Waals surface area contributed by atoms with Crippen LogP contribution in [0.2, 0.25) is 0 Å². The highest BCUT2D eigenvalue weighted by atomic mass is 16.5. The minimum absolute atomic E-state index is 0.160. The zero-order valence-electron chi connectivity index (χ0n) is 8.62. The molecule has 80 valence electrons. The molecule has 0 aliphatic rings.